The summed E-state index contributed by atoms with van der Waals surface area (Å²) in [7, 11) is 1.90. The smallest absolute Gasteiger partial charge is 0.300 e. The number of nitrogens with zero attached hydrogens (tertiary/aromatic N) is 4. The van der Waals surface area contributed by atoms with Gasteiger partial charge in [0.1, 0.15) is 0 Å². The lowest BCUT2D eigenvalue weighted by Crippen LogP contribution is -2.14. The van der Waals surface area contributed by atoms with Crippen LogP contribution in [-0.4, -0.2) is 20.3 Å². The number of hydrogen-bond donors (Lipinski definition) is 0. The number of aromatic nitrogens is 3. The summed E-state index contributed by atoms with van der Waals surface area (Å²) in [4.78, 5) is 17.3. The van der Waals surface area contributed by atoms with Crippen LogP contribution < -0.4 is 4.80 Å². The molecule has 0 radical (unpaired) electrons. The first kappa shape index (κ1) is 16.0. The fourth-order valence-corrected chi connectivity index (χ4v) is 4.12. The Kier molecular flexibility index (Phi) is 4.12. The van der Waals surface area contributed by atoms with Gasteiger partial charge in [0, 0.05) is 24.3 Å². The molecule has 0 saturated carbocycles. The maximum Gasteiger partial charge on any atom is 0.300 e. The molecule has 0 N–H and O–H groups in total. The van der Waals surface area contributed by atoms with Crippen molar-refractivity contribution >= 4 is 39.1 Å². The van der Waals surface area contributed by atoms with E-state index in [0.29, 0.717) is 15.5 Å². The molecule has 1 amide bonds. The molecule has 0 aliphatic carbocycles. The molecule has 23 heavy (non-hydrogen) atoms. The van der Waals surface area contributed by atoms with Gasteiger partial charge in [-0.2, -0.15) is 10.1 Å². The van der Waals surface area contributed by atoms with E-state index >= 15 is 0 Å². The van der Waals surface area contributed by atoms with Gasteiger partial charge in [0.15, 0.2) is 10.5 Å². The van der Waals surface area contributed by atoms with Crippen molar-refractivity contribution in [2.24, 2.45) is 12.0 Å². The summed E-state index contributed by atoms with van der Waals surface area (Å²) < 4.78 is 4.73. The Morgan fingerprint density at radius 1 is 1.35 bits per heavy atom. The number of hydrogen-bond acceptors (Lipinski definition) is 3. The third-order valence-electron chi connectivity index (χ3n) is 3.75. The molecule has 0 atom stereocenters. The van der Waals surface area contributed by atoms with Crippen LogP contribution in [0.3, 0.4) is 0 Å². The van der Waals surface area contributed by atoms with Crippen molar-refractivity contribution in [3.8, 4) is 0 Å². The molecule has 0 spiro atoms. The first-order valence-corrected chi connectivity index (χ1v) is 8.49. The zero-order valence-corrected chi connectivity index (χ0v) is 15.0. The van der Waals surface area contributed by atoms with Crippen LogP contribution in [0.25, 0.3) is 10.2 Å². The standard InChI is InChI=1S/C16H17ClN4OS/c1-5-21-10(3)7-12(19-21)15(22)18-16-20(4)14-9(2)6-11(17)8-13(14)23-16/h6-8H,5H2,1-4H3. The van der Waals surface area contributed by atoms with Crippen LogP contribution in [0.15, 0.2) is 23.2 Å². The van der Waals surface area contributed by atoms with E-state index in [1.54, 1.807) is 10.7 Å². The quantitative estimate of drug-likeness (QED) is 0.712. The molecule has 3 rings (SSSR count). The van der Waals surface area contributed by atoms with E-state index < -0.39 is 0 Å². The molecule has 0 bridgehead atoms. The fourth-order valence-electron chi connectivity index (χ4n) is 2.65. The van der Waals surface area contributed by atoms with Gasteiger partial charge < -0.3 is 4.57 Å². The second-order valence-electron chi connectivity index (χ2n) is 5.42. The van der Waals surface area contributed by atoms with Crippen LogP contribution in [0.2, 0.25) is 5.02 Å². The topological polar surface area (TPSA) is 52.2 Å². The SMILES string of the molecule is CCn1nc(C(=O)N=c2sc3cc(Cl)cc(C)c3n2C)cc1C. The van der Waals surface area contributed by atoms with Crippen molar-refractivity contribution in [1.29, 1.82) is 0 Å². The number of carbonyl (C=O) groups excluding carboxylic acids is 1. The van der Waals surface area contributed by atoms with E-state index in [0.717, 1.165) is 28.0 Å². The highest BCUT2D eigenvalue weighted by Crippen LogP contribution is 2.25. The minimum Gasteiger partial charge on any atom is -0.319 e. The monoisotopic (exact) mass is 348 g/mol. The number of aryl methyl sites for hydroxylation is 4. The molecule has 0 saturated heterocycles. The van der Waals surface area contributed by atoms with Crippen molar-refractivity contribution in [2.75, 3.05) is 0 Å². The third-order valence-corrected chi connectivity index (χ3v) is 5.05. The molecule has 3 aromatic rings. The summed E-state index contributed by atoms with van der Waals surface area (Å²) in [5, 5.41) is 4.97. The van der Waals surface area contributed by atoms with Crippen LogP contribution in [0.4, 0.5) is 0 Å². The van der Waals surface area contributed by atoms with Crippen molar-refractivity contribution in [3.05, 3.63) is 45.0 Å². The molecule has 0 aliphatic rings. The summed E-state index contributed by atoms with van der Waals surface area (Å²) >= 11 is 7.56. The highest BCUT2D eigenvalue weighted by molar-refractivity contribution is 7.16. The molecule has 5 nitrogen and oxygen atoms in total. The minimum atomic E-state index is -0.328. The predicted octanol–water partition coefficient (Wildman–Crippen LogP) is 3.47. The Morgan fingerprint density at radius 3 is 2.74 bits per heavy atom. The van der Waals surface area contributed by atoms with Gasteiger partial charge >= 0.3 is 0 Å². The first-order valence-electron chi connectivity index (χ1n) is 7.30. The van der Waals surface area contributed by atoms with Gasteiger partial charge in [0.2, 0.25) is 0 Å². The predicted molar refractivity (Wildman–Crippen MR) is 93.1 cm³/mol. The maximum atomic E-state index is 12.4. The minimum absolute atomic E-state index is 0.328. The summed E-state index contributed by atoms with van der Waals surface area (Å²) in [6, 6.07) is 5.58. The Hall–Kier alpha value is -1.92. The lowest BCUT2D eigenvalue weighted by atomic mass is 10.2. The van der Waals surface area contributed by atoms with Crippen LogP contribution >= 0.6 is 22.9 Å². The summed E-state index contributed by atoms with van der Waals surface area (Å²) in [5.41, 5.74) is 3.43. The molecule has 0 fully saturated rings. The second kappa shape index (κ2) is 5.94. The fraction of sp³-hybridized carbons (Fsp3) is 0.312. The van der Waals surface area contributed by atoms with Crippen LogP contribution in [0.5, 0.6) is 0 Å². The van der Waals surface area contributed by atoms with E-state index in [-0.39, 0.29) is 5.91 Å². The molecule has 0 aliphatic heterocycles. The summed E-state index contributed by atoms with van der Waals surface area (Å²) in [6.07, 6.45) is 0. The third kappa shape index (κ3) is 2.84. The zero-order chi connectivity index (χ0) is 16.7. The molecule has 1 aromatic carbocycles. The highest BCUT2D eigenvalue weighted by Gasteiger charge is 2.13. The first-order chi connectivity index (χ1) is 10.9. The number of halogens is 1. The number of benzene rings is 1. The maximum absolute atomic E-state index is 12.4. The number of rotatable bonds is 2. The molecule has 7 heteroatoms. The normalized spacial score (nSPS) is 12.3. The lowest BCUT2D eigenvalue weighted by molar-refractivity contribution is 0.0992. The van der Waals surface area contributed by atoms with Crippen LogP contribution in [0, 0.1) is 13.8 Å². The van der Waals surface area contributed by atoms with Gasteiger partial charge in [-0.3, -0.25) is 9.48 Å². The van der Waals surface area contributed by atoms with Crippen LogP contribution in [0.1, 0.15) is 28.7 Å². The Labute approximate surface area is 142 Å². The van der Waals surface area contributed by atoms with Gasteiger partial charge in [-0.25, -0.2) is 0 Å². The zero-order valence-electron chi connectivity index (χ0n) is 13.4. The number of amides is 1. The molecule has 120 valence electrons. The van der Waals surface area contributed by atoms with Gasteiger partial charge in [0.05, 0.1) is 10.2 Å². The van der Waals surface area contributed by atoms with Gasteiger partial charge in [-0.1, -0.05) is 22.9 Å². The van der Waals surface area contributed by atoms with E-state index in [1.807, 2.05) is 44.5 Å². The Balaban J connectivity index is 2.11. The van der Waals surface area contributed by atoms with Crippen molar-refractivity contribution in [2.45, 2.75) is 27.3 Å². The lowest BCUT2D eigenvalue weighted by Gasteiger charge is -2.00. The number of carbonyl (C=O) groups is 1. The molecule has 0 unspecified atom stereocenters. The Morgan fingerprint density at radius 2 is 2.09 bits per heavy atom. The van der Waals surface area contributed by atoms with E-state index in [4.69, 9.17) is 11.6 Å². The van der Waals surface area contributed by atoms with Gasteiger partial charge in [-0.15, -0.1) is 0 Å². The summed E-state index contributed by atoms with van der Waals surface area (Å²) in [5.74, 6) is -0.328. The highest BCUT2D eigenvalue weighted by atomic mass is 35.5. The average molecular weight is 349 g/mol. The Bertz CT molecular complexity index is 980. The largest absolute Gasteiger partial charge is 0.319 e. The van der Waals surface area contributed by atoms with Gasteiger partial charge in [-0.05, 0) is 44.5 Å². The number of thiazole rings is 1. The molecular weight excluding hydrogens is 332 g/mol. The van der Waals surface area contributed by atoms with E-state index in [2.05, 4.69) is 10.1 Å². The van der Waals surface area contributed by atoms with Crippen LogP contribution in [-0.2, 0) is 13.6 Å². The molecule has 2 aromatic heterocycles. The van der Waals surface area contributed by atoms with Crippen molar-refractivity contribution in [3.63, 3.8) is 0 Å². The summed E-state index contributed by atoms with van der Waals surface area (Å²) in [6.45, 7) is 6.65. The van der Waals surface area contributed by atoms with E-state index in [1.165, 1.54) is 11.3 Å². The second-order valence-corrected chi connectivity index (χ2v) is 6.86. The number of fused-ring (bicyclic) bond motifs is 1. The van der Waals surface area contributed by atoms with E-state index in [9.17, 15) is 4.79 Å². The molecular formula is C16H17ClN4OS. The molecule has 2 heterocycles. The van der Waals surface area contributed by atoms with Gasteiger partial charge in [0.25, 0.3) is 5.91 Å². The van der Waals surface area contributed by atoms with Crippen molar-refractivity contribution in [1.82, 2.24) is 14.3 Å². The average Bonchev–Trinajstić information content (AvgIpc) is 3.00. The van der Waals surface area contributed by atoms with Crippen molar-refractivity contribution < 1.29 is 4.79 Å².